The number of pyridine rings is 1. The average molecular weight is 266 g/mol. The molecule has 5 heteroatoms. The molecule has 3 N–H and O–H groups in total. The fourth-order valence-electron chi connectivity index (χ4n) is 3.40. The number of halogens is 1. The summed E-state index contributed by atoms with van der Waals surface area (Å²) >= 11 is 5.71. The van der Waals surface area contributed by atoms with Crippen LogP contribution in [0.3, 0.4) is 0 Å². The van der Waals surface area contributed by atoms with E-state index < -0.39 is 0 Å². The molecule has 2 aliphatic carbocycles. The maximum absolute atomic E-state index is 12.2. The minimum atomic E-state index is -0.0422. The lowest BCUT2D eigenvalue weighted by Crippen LogP contribution is -2.42. The quantitative estimate of drug-likeness (QED) is 0.804. The highest BCUT2D eigenvalue weighted by Crippen LogP contribution is 2.47. The third kappa shape index (κ3) is 1.99. The van der Waals surface area contributed by atoms with Gasteiger partial charge in [0.15, 0.2) is 0 Å². The molecule has 1 amide bonds. The van der Waals surface area contributed by atoms with Crippen LogP contribution in [0.15, 0.2) is 18.3 Å². The van der Waals surface area contributed by atoms with Crippen LogP contribution in [0.4, 0.5) is 5.69 Å². The van der Waals surface area contributed by atoms with Gasteiger partial charge in [-0.05, 0) is 43.2 Å². The van der Waals surface area contributed by atoms with Crippen LogP contribution in [-0.4, -0.2) is 16.9 Å². The topological polar surface area (TPSA) is 68.0 Å². The lowest BCUT2D eigenvalue weighted by molar-refractivity contribution is -0.121. The zero-order valence-corrected chi connectivity index (χ0v) is 10.7. The molecule has 0 aliphatic heterocycles. The highest BCUT2D eigenvalue weighted by Gasteiger charge is 2.49. The van der Waals surface area contributed by atoms with Gasteiger partial charge in [-0.1, -0.05) is 11.6 Å². The van der Waals surface area contributed by atoms with Crippen molar-refractivity contribution in [1.29, 1.82) is 0 Å². The molecule has 0 saturated heterocycles. The Morgan fingerprint density at radius 3 is 2.78 bits per heavy atom. The first-order chi connectivity index (χ1) is 8.65. The molecule has 3 rings (SSSR count). The third-order valence-corrected chi connectivity index (χ3v) is 4.50. The van der Waals surface area contributed by atoms with E-state index in [2.05, 4.69) is 10.3 Å². The molecule has 2 aliphatic rings. The monoisotopic (exact) mass is 265 g/mol. The number of fused-ring (bicyclic) bond motifs is 2. The standard InChI is InChI=1S/C13H16ClN3O/c14-10-4-3-9(6-16-10)17-13(18)11-7-1-2-8(5-7)12(11)15/h3-4,6-8,11-12H,1-2,5,15H2,(H,17,18). The van der Waals surface area contributed by atoms with Gasteiger partial charge in [0.05, 0.1) is 17.8 Å². The van der Waals surface area contributed by atoms with Crippen LogP contribution in [0.1, 0.15) is 19.3 Å². The normalized spacial score (nSPS) is 33.7. The molecular weight excluding hydrogens is 250 g/mol. The number of amides is 1. The van der Waals surface area contributed by atoms with Crippen LogP contribution >= 0.6 is 11.6 Å². The summed E-state index contributed by atoms with van der Waals surface area (Å²) in [5.41, 5.74) is 6.83. The summed E-state index contributed by atoms with van der Waals surface area (Å²) in [6.45, 7) is 0. The first-order valence-electron chi connectivity index (χ1n) is 6.33. The van der Waals surface area contributed by atoms with Gasteiger partial charge in [-0.25, -0.2) is 4.98 Å². The number of carbonyl (C=O) groups is 1. The largest absolute Gasteiger partial charge is 0.327 e. The van der Waals surface area contributed by atoms with Crippen LogP contribution in [-0.2, 0) is 4.79 Å². The maximum Gasteiger partial charge on any atom is 0.229 e. The van der Waals surface area contributed by atoms with Gasteiger partial charge in [0.2, 0.25) is 5.91 Å². The van der Waals surface area contributed by atoms with Crippen LogP contribution < -0.4 is 11.1 Å². The molecule has 0 spiro atoms. The van der Waals surface area contributed by atoms with Crippen molar-refractivity contribution in [3.63, 3.8) is 0 Å². The summed E-state index contributed by atoms with van der Waals surface area (Å²) in [6.07, 6.45) is 4.99. The van der Waals surface area contributed by atoms with E-state index in [0.29, 0.717) is 22.7 Å². The fourth-order valence-corrected chi connectivity index (χ4v) is 3.51. The van der Waals surface area contributed by atoms with Crippen LogP contribution in [0.5, 0.6) is 0 Å². The minimum Gasteiger partial charge on any atom is -0.327 e. The Balaban J connectivity index is 1.70. The number of rotatable bonds is 2. The van der Waals surface area contributed by atoms with Crippen molar-refractivity contribution < 1.29 is 4.79 Å². The molecular formula is C13H16ClN3O. The predicted octanol–water partition coefficient (Wildman–Crippen LogP) is 2.05. The Labute approximate surface area is 111 Å². The zero-order chi connectivity index (χ0) is 12.7. The molecule has 2 fully saturated rings. The van der Waals surface area contributed by atoms with Gasteiger partial charge in [-0.15, -0.1) is 0 Å². The number of nitrogens with zero attached hydrogens (tertiary/aromatic N) is 1. The Hall–Kier alpha value is -1.13. The molecule has 4 atom stereocenters. The van der Waals surface area contributed by atoms with E-state index in [1.165, 1.54) is 6.42 Å². The van der Waals surface area contributed by atoms with Crippen molar-refractivity contribution >= 4 is 23.2 Å². The average Bonchev–Trinajstić information content (AvgIpc) is 2.92. The van der Waals surface area contributed by atoms with Gasteiger partial charge >= 0.3 is 0 Å². The Kier molecular flexibility index (Phi) is 2.99. The maximum atomic E-state index is 12.2. The van der Waals surface area contributed by atoms with E-state index in [0.717, 1.165) is 12.8 Å². The smallest absolute Gasteiger partial charge is 0.229 e. The molecule has 4 unspecified atom stereocenters. The highest BCUT2D eigenvalue weighted by atomic mass is 35.5. The summed E-state index contributed by atoms with van der Waals surface area (Å²) in [5.74, 6) is 0.984. The molecule has 0 radical (unpaired) electrons. The first kappa shape index (κ1) is 11.9. The summed E-state index contributed by atoms with van der Waals surface area (Å²) in [7, 11) is 0. The van der Waals surface area contributed by atoms with Gasteiger partial charge in [0.25, 0.3) is 0 Å². The Morgan fingerprint density at radius 1 is 1.39 bits per heavy atom. The predicted molar refractivity (Wildman–Crippen MR) is 70.2 cm³/mol. The van der Waals surface area contributed by atoms with Crippen LogP contribution in [0, 0.1) is 17.8 Å². The molecule has 4 nitrogen and oxygen atoms in total. The molecule has 18 heavy (non-hydrogen) atoms. The molecule has 2 saturated carbocycles. The van der Waals surface area contributed by atoms with E-state index >= 15 is 0 Å². The van der Waals surface area contributed by atoms with Gasteiger partial charge in [0.1, 0.15) is 5.15 Å². The van der Waals surface area contributed by atoms with Crippen molar-refractivity contribution in [1.82, 2.24) is 4.98 Å². The second-order valence-electron chi connectivity index (χ2n) is 5.30. The van der Waals surface area contributed by atoms with Gasteiger partial charge in [-0.2, -0.15) is 0 Å². The van der Waals surface area contributed by atoms with Gasteiger partial charge < -0.3 is 11.1 Å². The van der Waals surface area contributed by atoms with Crippen LogP contribution in [0.25, 0.3) is 0 Å². The highest BCUT2D eigenvalue weighted by molar-refractivity contribution is 6.29. The molecule has 96 valence electrons. The van der Waals surface area contributed by atoms with E-state index in [1.54, 1.807) is 18.3 Å². The Bertz CT molecular complexity index is 460. The summed E-state index contributed by atoms with van der Waals surface area (Å²) in [4.78, 5) is 16.2. The number of nitrogens with one attached hydrogen (secondary N) is 1. The number of nitrogens with two attached hydrogens (primary N) is 1. The molecule has 0 aromatic carbocycles. The summed E-state index contributed by atoms with van der Waals surface area (Å²) in [5, 5.41) is 3.31. The van der Waals surface area contributed by atoms with Crippen LogP contribution in [0.2, 0.25) is 5.15 Å². The molecule has 1 aromatic rings. The Morgan fingerprint density at radius 2 is 2.17 bits per heavy atom. The van der Waals surface area contributed by atoms with Crippen molar-refractivity contribution in [2.75, 3.05) is 5.32 Å². The van der Waals surface area contributed by atoms with Crippen molar-refractivity contribution in [3.05, 3.63) is 23.5 Å². The van der Waals surface area contributed by atoms with Crippen molar-refractivity contribution in [2.45, 2.75) is 25.3 Å². The van der Waals surface area contributed by atoms with Gasteiger partial charge in [0, 0.05) is 6.04 Å². The number of hydrogen-bond acceptors (Lipinski definition) is 3. The number of hydrogen-bond donors (Lipinski definition) is 2. The first-order valence-corrected chi connectivity index (χ1v) is 6.71. The lowest BCUT2D eigenvalue weighted by atomic mass is 9.84. The van der Waals surface area contributed by atoms with Crippen molar-refractivity contribution in [2.24, 2.45) is 23.5 Å². The third-order valence-electron chi connectivity index (χ3n) is 4.28. The minimum absolute atomic E-state index is 0.0176. The number of carbonyl (C=O) groups excluding carboxylic acids is 1. The zero-order valence-electron chi connectivity index (χ0n) is 9.97. The van der Waals surface area contributed by atoms with E-state index in [9.17, 15) is 4.79 Å². The number of anilines is 1. The summed E-state index contributed by atoms with van der Waals surface area (Å²) < 4.78 is 0. The molecule has 2 bridgehead atoms. The van der Waals surface area contributed by atoms with E-state index in [1.807, 2.05) is 0 Å². The molecule has 1 aromatic heterocycles. The second-order valence-corrected chi connectivity index (χ2v) is 5.68. The van der Waals surface area contributed by atoms with Crippen molar-refractivity contribution in [3.8, 4) is 0 Å². The fraction of sp³-hybridized carbons (Fsp3) is 0.538. The molecule has 1 heterocycles. The second kappa shape index (κ2) is 4.52. The van der Waals surface area contributed by atoms with Gasteiger partial charge in [-0.3, -0.25) is 4.79 Å². The summed E-state index contributed by atoms with van der Waals surface area (Å²) in [6, 6.07) is 3.44. The SMILES string of the molecule is NC1C2CCC(C2)C1C(=O)Nc1ccc(Cl)nc1. The lowest BCUT2D eigenvalue weighted by Gasteiger charge is -2.26. The van der Waals surface area contributed by atoms with E-state index in [-0.39, 0.29) is 17.9 Å². The van der Waals surface area contributed by atoms with E-state index in [4.69, 9.17) is 17.3 Å². The number of aromatic nitrogens is 1.